The quantitative estimate of drug-likeness (QED) is 0.792. The number of benzene rings is 1. The Labute approximate surface area is 184 Å². The van der Waals surface area contributed by atoms with Crippen LogP contribution in [0.25, 0.3) is 0 Å². The van der Waals surface area contributed by atoms with Gasteiger partial charge in [-0.1, -0.05) is 12.1 Å². The molecule has 0 aliphatic carbocycles. The van der Waals surface area contributed by atoms with Gasteiger partial charge in [0.1, 0.15) is 0 Å². The van der Waals surface area contributed by atoms with Crippen molar-refractivity contribution in [3.05, 3.63) is 59.9 Å². The molecule has 30 heavy (non-hydrogen) atoms. The molecule has 2 amide bonds. The lowest BCUT2D eigenvalue weighted by Crippen LogP contribution is -2.40. The van der Waals surface area contributed by atoms with Gasteiger partial charge < -0.3 is 15.1 Å². The van der Waals surface area contributed by atoms with Gasteiger partial charge in [0.15, 0.2) is 0 Å². The van der Waals surface area contributed by atoms with Crippen LogP contribution < -0.4 is 10.2 Å². The second kappa shape index (κ2) is 10.5. The molecule has 0 saturated carbocycles. The lowest BCUT2D eigenvalue weighted by molar-refractivity contribution is -0.117. The maximum atomic E-state index is 13.6. The van der Waals surface area contributed by atoms with Gasteiger partial charge in [0.2, 0.25) is 5.91 Å². The molecule has 1 aromatic heterocycles. The largest absolute Gasteiger partial charge is 0.330 e. The summed E-state index contributed by atoms with van der Waals surface area (Å²) in [5, 5.41) is 3.43. The fourth-order valence-electron chi connectivity index (χ4n) is 4.24. The average molecular weight is 429 g/mol. The van der Waals surface area contributed by atoms with E-state index in [0.29, 0.717) is 18.5 Å². The highest BCUT2D eigenvalue weighted by Gasteiger charge is 2.27. The van der Waals surface area contributed by atoms with E-state index in [2.05, 4.69) is 10.3 Å². The topological polar surface area (TPSA) is 65.5 Å². The first kappa shape index (κ1) is 22.2. The fourth-order valence-corrected chi connectivity index (χ4v) is 4.24. The smallest absolute Gasteiger partial charge is 0.254 e. The molecule has 0 bridgehead atoms. The minimum absolute atomic E-state index is 0. The van der Waals surface area contributed by atoms with Crippen molar-refractivity contribution >= 4 is 29.9 Å². The number of anilines is 1. The molecule has 4 rings (SSSR count). The Kier molecular flexibility index (Phi) is 7.82. The Morgan fingerprint density at radius 1 is 1.13 bits per heavy atom. The first-order valence-electron chi connectivity index (χ1n) is 10.5. The van der Waals surface area contributed by atoms with E-state index < -0.39 is 0 Å². The highest BCUT2D eigenvalue weighted by Crippen LogP contribution is 2.25. The Hall–Kier alpha value is -2.44. The van der Waals surface area contributed by atoms with Gasteiger partial charge in [0.25, 0.3) is 5.91 Å². The summed E-state index contributed by atoms with van der Waals surface area (Å²) in [4.78, 5) is 33.9. The maximum Gasteiger partial charge on any atom is 0.254 e. The monoisotopic (exact) mass is 428 g/mol. The zero-order valence-corrected chi connectivity index (χ0v) is 17.9. The van der Waals surface area contributed by atoms with Crippen molar-refractivity contribution < 1.29 is 9.59 Å². The molecule has 0 radical (unpaired) electrons. The highest BCUT2D eigenvalue weighted by atomic mass is 35.5. The molecular weight excluding hydrogens is 400 g/mol. The molecule has 2 aliphatic rings. The first-order chi connectivity index (χ1) is 14.2. The van der Waals surface area contributed by atoms with E-state index in [-0.39, 0.29) is 30.3 Å². The summed E-state index contributed by atoms with van der Waals surface area (Å²) in [5.74, 6) is 0.144. The number of carbonyl (C=O) groups excluding carboxylic acids is 2. The van der Waals surface area contributed by atoms with Gasteiger partial charge in [-0.15, -0.1) is 12.4 Å². The summed E-state index contributed by atoms with van der Waals surface area (Å²) in [7, 11) is 0. The summed E-state index contributed by atoms with van der Waals surface area (Å²) >= 11 is 0. The minimum Gasteiger partial charge on any atom is -0.330 e. The van der Waals surface area contributed by atoms with E-state index in [9.17, 15) is 9.59 Å². The number of hydrogen-bond acceptors (Lipinski definition) is 4. The molecule has 3 heterocycles. The van der Waals surface area contributed by atoms with E-state index in [0.717, 1.165) is 56.7 Å². The predicted octanol–water partition coefficient (Wildman–Crippen LogP) is 3.41. The number of pyridine rings is 1. The molecule has 1 aromatic carbocycles. The molecule has 2 fully saturated rings. The summed E-state index contributed by atoms with van der Waals surface area (Å²) in [6.07, 6.45) is 6.20. The zero-order chi connectivity index (χ0) is 20.1. The maximum absolute atomic E-state index is 13.6. The number of nitrogens with zero attached hydrogens (tertiary/aromatic N) is 3. The Balaban J connectivity index is 0.00000256. The molecule has 0 spiro atoms. The van der Waals surface area contributed by atoms with Crippen LogP contribution in [0.4, 0.5) is 5.69 Å². The molecule has 160 valence electrons. The van der Waals surface area contributed by atoms with E-state index in [1.165, 1.54) is 0 Å². The van der Waals surface area contributed by atoms with Gasteiger partial charge in [-0.3, -0.25) is 14.6 Å². The van der Waals surface area contributed by atoms with Crippen molar-refractivity contribution in [1.82, 2.24) is 15.2 Å². The van der Waals surface area contributed by atoms with Gasteiger partial charge in [0, 0.05) is 36.5 Å². The lowest BCUT2D eigenvalue weighted by atomic mass is 10.0. The van der Waals surface area contributed by atoms with Gasteiger partial charge in [-0.05, 0) is 69.1 Å². The highest BCUT2D eigenvalue weighted by molar-refractivity contribution is 5.99. The van der Waals surface area contributed by atoms with E-state index in [1.807, 2.05) is 47.4 Å². The minimum atomic E-state index is 0. The second-order valence-corrected chi connectivity index (χ2v) is 7.79. The van der Waals surface area contributed by atoms with Crippen molar-refractivity contribution in [2.24, 2.45) is 0 Å². The van der Waals surface area contributed by atoms with Crippen molar-refractivity contribution in [2.45, 2.75) is 44.7 Å². The van der Waals surface area contributed by atoms with E-state index in [1.54, 1.807) is 11.1 Å². The summed E-state index contributed by atoms with van der Waals surface area (Å²) < 4.78 is 0. The lowest BCUT2D eigenvalue weighted by Gasteiger charge is -2.31. The Morgan fingerprint density at radius 2 is 2.03 bits per heavy atom. The van der Waals surface area contributed by atoms with Crippen LogP contribution in [-0.4, -0.2) is 47.4 Å². The summed E-state index contributed by atoms with van der Waals surface area (Å²) in [6, 6.07) is 13.5. The number of halogens is 1. The molecule has 2 aromatic rings. The van der Waals surface area contributed by atoms with Crippen molar-refractivity contribution in [3.63, 3.8) is 0 Å². The average Bonchev–Trinajstić information content (AvgIpc) is 3.01. The third-order valence-electron chi connectivity index (χ3n) is 5.78. The van der Waals surface area contributed by atoms with Crippen molar-refractivity contribution in [2.75, 3.05) is 24.5 Å². The third kappa shape index (κ3) is 5.18. The molecular formula is C23H29ClN4O2. The molecule has 1 N–H and O–H groups in total. The second-order valence-electron chi connectivity index (χ2n) is 7.79. The van der Waals surface area contributed by atoms with E-state index >= 15 is 0 Å². The third-order valence-corrected chi connectivity index (χ3v) is 5.78. The van der Waals surface area contributed by atoms with Crippen LogP contribution in [0.1, 0.15) is 48.2 Å². The van der Waals surface area contributed by atoms with Gasteiger partial charge in [-0.2, -0.15) is 0 Å². The molecule has 6 nitrogen and oxygen atoms in total. The van der Waals surface area contributed by atoms with Gasteiger partial charge in [-0.25, -0.2) is 0 Å². The van der Waals surface area contributed by atoms with Crippen LogP contribution in [0.3, 0.4) is 0 Å². The number of hydrogen-bond donors (Lipinski definition) is 1. The van der Waals surface area contributed by atoms with Gasteiger partial charge >= 0.3 is 0 Å². The first-order valence-corrected chi connectivity index (χ1v) is 10.5. The number of nitrogens with one attached hydrogen (secondary N) is 1. The molecule has 2 saturated heterocycles. The van der Waals surface area contributed by atoms with Gasteiger partial charge in [0.05, 0.1) is 12.2 Å². The SMILES string of the molecule is Cl.O=C1CCCN1c1cccc(C(=O)N(Cc2ccccn2)C2CCCNCC2)c1. The van der Waals surface area contributed by atoms with Crippen molar-refractivity contribution in [1.29, 1.82) is 0 Å². The number of rotatable bonds is 5. The Morgan fingerprint density at radius 3 is 2.80 bits per heavy atom. The van der Waals surface area contributed by atoms with Crippen LogP contribution in [0.15, 0.2) is 48.7 Å². The number of aromatic nitrogens is 1. The molecule has 1 unspecified atom stereocenters. The number of carbonyl (C=O) groups is 2. The van der Waals surface area contributed by atoms with Crippen LogP contribution in [0.5, 0.6) is 0 Å². The summed E-state index contributed by atoms with van der Waals surface area (Å²) in [5.41, 5.74) is 2.35. The fraction of sp³-hybridized carbons (Fsp3) is 0.435. The molecule has 2 aliphatic heterocycles. The molecule has 7 heteroatoms. The van der Waals surface area contributed by atoms with Crippen LogP contribution in [0, 0.1) is 0 Å². The predicted molar refractivity (Wildman–Crippen MR) is 120 cm³/mol. The van der Waals surface area contributed by atoms with Crippen LogP contribution in [0.2, 0.25) is 0 Å². The zero-order valence-electron chi connectivity index (χ0n) is 17.1. The standard InChI is InChI=1S/C23H28N4O2.ClH/c28-22-10-5-15-26(22)21-8-3-6-18(16-21)23(29)27(17-19-7-1-2-13-25-19)20-9-4-12-24-14-11-20;/h1-3,6-8,13,16,20,24H,4-5,9-12,14-15,17H2;1H. The van der Waals surface area contributed by atoms with Crippen molar-refractivity contribution in [3.8, 4) is 0 Å². The number of amides is 2. The van der Waals surface area contributed by atoms with E-state index in [4.69, 9.17) is 0 Å². The normalized spacial score (nSPS) is 19.1. The molecule has 1 atom stereocenters. The Bertz CT molecular complexity index is 853. The summed E-state index contributed by atoms with van der Waals surface area (Å²) in [6.45, 7) is 3.13. The van der Waals surface area contributed by atoms with Crippen LogP contribution >= 0.6 is 12.4 Å². The van der Waals surface area contributed by atoms with Crippen LogP contribution in [-0.2, 0) is 11.3 Å².